The fourth-order valence-electron chi connectivity index (χ4n) is 1.68. The Morgan fingerprint density at radius 2 is 2.20 bits per heavy atom. The molecule has 0 atom stereocenters. The van der Waals surface area contributed by atoms with Crippen molar-refractivity contribution in [3.63, 3.8) is 0 Å². The van der Waals surface area contributed by atoms with Gasteiger partial charge in [0.15, 0.2) is 0 Å². The van der Waals surface area contributed by atoms with Crippen molar-refractivity contribution >= 4 is 29.0 Å². The van der Waals surface area contributed by atoms with Crippen molar-refractivity contribution in [2.75, 3.05) is 18.5 Å². The number of rotatable bonds is 7. The summed E-state index contributed by atoms with van der Waals surface area (Å²) in [6, 6.07) is 4.42. The van der Waals surface area contributed by atoms with Crippen LogP contribution in [-0.2, 0) is 13.1 Å². The Balaban J connectivity index is 1.87. The Morgan fingerprint density at radius 1 is 1.40 bits per heavy atom. The van der Waals surface area contributed by atoms with Gasteiger partial charge in [-0.15, -0.1) is 16.4 Å². The molecule has 0 spiro atoms. The molecule has 2 aromatic heterocycles. The topological polar surface area (TPSA) is 54.2 Å². The number of nitrogens with one attached hydrogen (secondary N) is 1. The quantitative estimate of drug-likeness (QED) is 0.850. The number of hydrogen-bond acceptors (Lipinski definition) is 6. The lowest BCUT2D eigenvalue weighted by molar-refractivity contribution is 0.450. The molecule has 0 fully saturated rings. The van der Waals surface area contributed by atoms with Crippen LogP contribution in [0.3, 0.4) is 0 Å². The van der Waals surface area contributed by atoms with Crippen molar-refractivity contribution in [2.45, 2.75) is 26.9 Å². The molecule has 0 saturated heterocycles. The number of halogens is 1. The summed E-state index contributed by atoms with van der Waals surface area (Å²) in [6.07, 6.45) is 0. The molecule has 0 unspecified atom stereocenters. The molecule has 1 N–H and O–H groups in total. The zero-order valence-corrected chi connectivity index (χ0v) is 13.5. The molecular weight excluding hydrogens is 296 g/mol. The van der Waals surface area contributed by atoms with Gasteiger partial charge in [-0.2, -0.15) is 0 Å². The van der Waals surface area contributed by atoms with E-state index in [1.54, 1.807) is 11.3 Å². The van der Waals surface area contributed by atoms with Crippen LogP contribution in [0.15, 0.2) is 16.5 Å². The third kappa shape index (κ3) is 4.47. The Hall–Kier alpha value is -1.11. The molecule has 2 rings (SSSR count). The van der Waals surface area contributed by atoms with Crippen molar-refractivity contribution < 1.29 is 4.42 Å². The average molecular weight is 315 g/mol. The molecular formula is C13H19ClN4OS. The van der Waals surface area contributed by atoms with Gasteiger partial charge in [-0.1, -0.05) is 30.5 Å². The number of anilines is 1. The lowest BCUT2D eigenvalue weighted by Crippen LogP contribution is -2.19. The summed E-state index contributed by atoms with van der Waals surface area (Å²) in [5, 5.41) is 11.4. The maximum Gasteiger partial charge on any atom is 0.318 e. The first-order chi connectivity index (χ1) is 9.54. The molecule has 110 valence electrons. The minimum Gasteiger partial charge on any atom is -0.407 e. The van der Waals surface area contributed by atoms with E-state index in [4.69, 9.17) is 16.0 Å². The van der Waals surface area contributed by atoms with E-state index in [9.17, 15) is 0 Å². The lowest BCUT2D eigenvalue weighted by atomic mass is 10.2. The van der Waals surface area contributed by atoms with Crippen LogP contribution in [-0.4, -0.2) is 23.8 Å². The third-order valence-electron chi connectivity index (χ3n) is 2.63. The molecule has 0 bridgehead atoms. The van der Waals surface area contributed by atoms with Crippen molar-refractivity contribution in [3.8, 4) is 0 Å². The molecule has 0 aliphatic carbocycles. The minimum atomic E-state index is 0.524. The fourth-order valence-corrected chi connectivity index (χ4v) is 2.82. The number of thiophene rings is 1. The normalized spacial score (nSPS) is 11.2. The van der Waals surface area contributed by atoms with Crippen LogP contribution in [0, 0.1) is 5.92 Å². The van der Waals surface area contributed by atoms with E-state index in [2.05, 4.69) is 29.4 Å². The molecule has 0 aliphatic heterocycles. The lowest BCUT2D eigenvalue weighted by Gasteiger charge is -2.11. The highest BCUT2D eigenvalue weighted by Gasteiger charge is 2.12. The summed E-state index contributed by atoms with van der Waals surface area (Å²) in [7, 11) is 1.92. The van der Waals surface area contributed by atoms with E-state index in [0.717, 1.165) is 15.8 Å². The molecule has 0 radical (unpaired) electrons. The maximum atomic E-state index is 5.92. The molecule has 0 amide bonds. The van der Waals surface area contributed by atoms with Crippen LogP contribution < -0.4 is 10.2 Å². The predicted molar refractivity (Wildman–Crippen MR) is 82.3 cm³/mol. The third-order valence-corrected chi connectivity index (χ3v) is 3.85. The Morgan fingerprint density at radius 3 is 2.85 bits per heavy atom. The van der Waals surface area contributed by atoms with E-state index in [-0.39, 0.29) is 0 Å². The standard InChI is InChI=1S/C13H19ClN4OS/c1-9(2)6-15-7-12-16-17-13(19-12)18(3)8-10-4-5-11(14)20-10/h4-5,9,15H,6-8H2,1-3H3. The maximum absolute atomic E-state index is 5.92. The zero-order chi connectivity index (χ0) is 14.5. The summed E-state index contributed by atoms with van der Waals surface area (Å²) in [5.74, 6) is 1.21. The van der Waals surface area contributed by atoms with Gasteiger partial charge in [-0.05, 0) is 24.6 Å². The molecule has 7 heteroatoms. The molecule has 0 aromatic carbocycles. The Kier molecular flexibility index (Phi) is 5.39. The van der Waals surface area contributed by atoms with Gasteiger partial charge in [0.1, 0.15) is 0 Å². The Bertz CT molecular complexity index is 540. The highest BCUT2D eigenvalue weighted by molar-refractivity contribution is 7.16. The van der Waals surface area contributed by atoms with Gasteiger partial charge in [0, 0.05) is 11.9 Å². The highest BCUT2D eigenvalue weighted by atomic mass is 35.5. The highest BCUT2D eigenvalue weighted by Crippen LogP contribution is 2.23. The van der Waals surface area contributed by atoms with Gasteiger partial charge >= 0.3 is 6.01 Å². The van der Waals surface area contributed by atoms with Crippen LogP contribution in [0.2, 0.25) is 4.34 Å². The van der Waals surface area contributed by atoms with Gasteiger partial charge in [0.05, 0.1) is 17.4 Å². The zero-order valence-electron chi connectivity index (χ0n) is 11.9. The number of hydrogen-bond donors (Lipinski definition) is 1. The largest absolute Gasteiger partial charge is 0.407 e. The van der Waals surface area contributed by atoms with E-state index in [1.165, 1.54) is 0 Å². The van der Waals surface area contributed by atoms with E-state index in [0.29, 0.717) is 30.9 Å². The molecule has 20 heavy (non-hydrogen) atoms. The van der Waals surface area contributed by atoms with Crippen molar-refractivity contribution in [1.29, 1.82) is 0 Å². The van der Waals surface area contributed by atoms with Crippen LogP contribution >= 0.6 is 22.9 Å². The van der Waals surface area contributed by atoms with Gasteiger partial charge < -0.3 is 14.6 Å². The first-order valence-corrected chi connectivity index (χ1v) is 7.72. The van der Waals surface area contributed by atoms with E-state index >= 15 is 0 Å². The predicted octanol–water partition coefficient (Wildman–Crippen LogP) is 3.17. The van der Waals surface area contributed by atoms with Crippen molar-refractivity contribution in [1.82, 2.24) is 15.5 Å². The number of nitrogens with zero attached hydrogens (tertiary/aromatic N) is 3. The first kappa shape index (κ1) is 15.3. The van der Waals surface area contributed by atoms with Crippen LogP contribution in [0.5, 0.6) is 0 Å². The first-order valence-electron chi connectivity index (χ1n) is 6.53. The van der Waals surface area contributed by atoms with Crippen LogP contribution in [0.25, 0.3) is 0 Å². The molecule has 2 aromatic rings. The molecule has 2 heterocycles. The van der Waals surface area contributed by atoms with Crippen LogP contribution in [0.1, 0.15) is 24.6 Å². The van der Waals surface area contributed by atoms with Crippen molar-refractivity contribution in [3.05, 3.63) is 27.2 Å². The van der Waals surface area contributed by atoms with E-state index in [1.807, 2.05) is 24.1 Å². The number of aromatic nitrogens is 2. The Labute approximate surface area is 127 Å². The summed E-state index contributed by atoms with van der Waals surface area (Å²) >= 11 is 7.47. The van der Waals surface area contributed by atoms with E-state index < -0.39 is 0 Å². The second-order valence-electron chi connectivity index (χ2n) is 5.07. The van der Waals surface area contributed by atoms with Gasteiger partial charge in [-0.25, -0.2) is 0 Å². The van der Waals surface area contributed by atoms with Gasteiger partial charge in [0.2, 0.25) is 5.89 Å². The fraction of sp³-hybridized carbons (Fsp3) is 0.538. The minimum absolute atomic E-state index is 0.524. The SMILES string of the molecule is CC(C)CNCc1nnc(N(C)Cc2ccc(Cl)s2)o1. The summed E-state index contributed by atoms with van der Waals surface area (Å²) in [4.78, 5) is 3.08. The summed E-state index contributed by atoms with van der Waals surface area (Å²) in [5.41, 5.74) is 0. The average Bonchev–Trinajstić information content (AvgIpc) is 2.98. The van der Waals surface area contributed by atoms with Crippen LogP contribution in [0.4, 0.5) is 6.01 Å². The second kappa shape index (κ2) is 7.06. The second-order valence-corrected chi connectivity index (χ2v) is 6.86. The van der Waals surface area contributed by atoms with Gasteiger partial charge in [0.25, 0.3) is 0 Å². The summed E-state index contributed by atoms with van der Waals surface area (Å²) < 4.78 is 6.41. The molecule has 0 saturated carbocycles. The van der Waals surface area contributed by atoms with Gasteiger partial charge in [-0.3, -0.25) is 0 Å². The molecule has 0 aliphatic rings. The van der Waals surface area contributed by atoms with Crippen molar-refractivity contribution in [2.24, 2.45) is 5.92 Å². The molecule has 5 nitrogen and oxygen atoms in total. The smallest absolute Gasteiger partial charge is 0.318 e. The summed E-state index contributed by atoms with van der Waals surface area (Å²) in [6.45, 7) is 6.56. The monoisotopic (exact) mass is 314 g/mol.